The van der Waals surface area contributed by atoms with Crippen LogP contribution in [-0.2, 0) is 0 Å². The molecule has 1 aromatic heterocycles. The molecule has 1 heterocycles. The smallest absolute Gasteiger partial charge is 0.149 e. The Labute approximate surface area is 125 Å². The van der Waals surface area contributed by atoms with Crippen molar-refractivity contribution in [3.63, 3.8) is 0 Å². The zero-order valence-electron chi connectivity index (χ0n) is 11.1. The van der Waals surface area contributed by atoms with Gasteiger partial charge in [0.05, 0.1) is 12.8 Å². The lowest BCUT2D eigenvalue weighted by Crippen LogP contribution is -1.99. The Hall–Kier alpha value is -2.40. The van der Waals surface area contributed by atoms with Gasteiger partial charge in [0.2, 0.25) is 0 Å². The number of benzene rings is 2. The molecule has 0 atom stereocenters. The van der Waals surface area contributed by atoms with Crippen molar-refractivity contribution in [2.75, 3.05) is 12.4 Å². The molecule has 0 saturated heterocycles. The van der Waals surface area contributed by atoms with Crippen molar-refractivity contribution in [2.24, 2.45) is 0 Å². The van der Waals surface area contributed by atoms with Gasteiger partial charge in [0, 0.05) is 10.4 Å². The number of halogens is 2. The second-order valence-electron chi connectivity index (χ2n) is 4.33. The summed E-state index contributed by atoms with van der Waals surface area (Å²) in [7, 11) is 1.56. The van der Waals surface area contributed by atoms with Crippen LogP contribution in [0, 0.1) is 5.82 Å². The molecule has 0 bridgehead atoms. The molecular weight excluding hydrogens is 293 g/mol. The van der Waals surface area contributed by atoms with Gasteiger partial charge in [-0.15, -0.1) is 0 Å². The zero-order chi connectivity index (χ0) is 14.8. The Morgan fingerprint density at radius 3 is 2.86 bits per heavy atom. The normalized spacial score (nSPS) is 10.6. The molecule has 3 aromatic rings. The summed E-state index contributed by atoms with van der Waals surface area (Å²) >= 11 is 6.00. The summed E-state index contributed by atoms with van der Waals surface area (Å²) in [6.45, 7) is 0. The van der Waals surface area contributed by atoms with Crippen molar-refractivity contribution in [3.8, 4) is 5.75 Å². The number of hydrogen-bond acceptors (Lipinski definition) is 4. The Balaban J connectivity index is 2.11. The number of para-hydroxylation sites is 1. The highest BCUT2D eigenvalue weighted by Gasteiger charge is 2.10. The first-order valence-corrected chi connectivity index (χ1v) is 6.56. The van der Waals surface area contributed by atoms with Crippen LogP contribution in [0.2, 0.25) is 5.02 Å². The maximum atomic E-state index is 13.8. The summed E-state index contributed by atoms with van der Waals surface area (Å²) < 4.78 is 19.0. The molecule has 106 valence electrons. The Morgan fingerprint density at radius 1 is 1.19 bits per heavy atom. The second kappa shape index (κ2) is 5.54. The summed E-state index contributed by atoms with van der Waals surface area (Å²) in [6.07, 6.45) is 1.31. The third kappa shape index (κ3) is 2.60. The predicted octanol–water partition coefficient (Wildman–Crippen LogP) is 4.17. The van der Waals surface area contributed by atoms with Crippen molar-refractivity contribution < 1.29 is 9.13 Å². The average molecular weight is 304 g/mol. The molecule has 3 rings (SSSR count). The van der Waals surface area contributed by atoms with E-state index in [-0.39, 0.29) is 5.52 Å². The number of fused-ring (bicyclic) bond motifs is 1. The quantitative estimate of drug-likeness (QED) is 0.788. The summed E-state index contributed by atoms with van der Waals surface area (Å²) in [5.41, 5.74) is 0.908. The third-order valence-corrected chi connectivity index (χ3v) is 3.27. The predicted molar refractivity (Wildman–Crippen MR) is 80.8 cm³/mol. The minimum Gasteiger partial charge on any atom is -0.495 e. The maximum absolute atomic E-state index is 13.8. The first-order chi connectivity index (χ1) is 10.2. The number of nitrogens with one attached hydrogen (secondary N) is 1. The fourth-order valence-electron chi connectivity index (χ4n) is 2.06. The molecule has 4 nitrogen and oxygen atoms in total. The second-order valence-corrected chi connectivity index (χ2v) is 4.76. The Bertz CT molecular complexity index is 810. The number of nitrogens with zero attached hydrogens (tertiary/aromatic N) is 2. The van der Waals surface area contributed by atoms with Crippen LogP contribution >= 0.6 is 11.6 Å². The van der Waals surface area contributed by atoms with Gasteiger partial charge in [-0.25, -0.2) is 14.4 Å². The van der Waals surface area contributed by atoms with E-state index in [1.165, 1.54) is 12.4 Å². The van der Waals surface area contributed by atoms with Gasteiger partial charge in [-0.3, -0.25) is 0 Å². The molecule has 0 aliphatic carbocycles. The van der Waals surface area contributed by atoms with Crippen LogP contribution in [0.25, 0.3) is 10.9 Å². The van der Waals surface area contributed by atoms with E-state index >= 15 is 0 Å². The SMILES string of the molecule is COc1ccc(Cl)cc1Nc1ncnc2c(F)cccc12. The number of aromatic nitrogens is 2. The van der Waals surface area contributed by atoms with Crippen molar-refractivity contribution >= 4 is 34.0 Å². The van der Waals surface area contributed by atoms with E-state index in [1.807, 2.05) is 0 Å². The van der Waals surface area contributed by atoms with Crippen LogP contribution < -0.4 is 10.1 Å². The summed E-state index contributed by atoms with van der Waals surface area (Å²) in [6, 6.07) is 9.91. The van der Waals surface area contributed by atoms with Gasteiger partial charge in [0.25, 0.3) is 0 Å². The number of anilines is 2. The highest BCUT2D eigenvalue weighted by molar-refractivity contribution is 6.31. The van der Waals surface area contributed by atoms with Crippen molar-refractivity contribution in [2.45, 2.75) is 0 Å². The molecule has 6 heteroatoms. The van der Waals surface area contributed by atoms with E-state index in [4.69, 9.17) is 16.3 Å². The first-order valence-electron chi connectivity index (χ1n) is 6.19. The number of hydrogen-bond donors (Lipinski definition) is 1. The number of methoxy groups -OCH3 is 1. The molecule has 0 radical (unpaired) electrons. The van der Waals surface area contributed by atoms with Gasteiger partial charge in [-0.2, -0.15) is 0 Å². The zero-order valence-corrected chi connectivity index (χ0v) is 11.9. The van der Waals surface area contributed by atoms with Gasteiger partial charge >= 0.3 is 0 Å². The van der Waals surface area contributed by atoms with Gasteiger partial charge in [-0.1, -0.05) is 17.7 Å². The van der Waals surface area contributed by atoms with Crippen LogP contribution in [0.5, 0.6) is 5.75 Å². The molecule has 1 N–H and O–H groups in total. The largest absolute Gasteiger partial charge is 0.495 e. The van der Waals surface area contributed by atoms with Crippen LogP contribution in [0.1, 0.15) is 0 Å². The van der Waals surface area contributed by atoms with Crippen molar-refractivity contribution in [1.29, 1.82) is 0 Å². The van der Waals surface area contributed by atoms with E-state index in [0.717, 1.165) is 0 Å². The van der Waals surface area contributed by atoms with E-state index in [2.05, 4.69) is 15.3 Å². The Kier molecular flexibility index (Phi) is 3.58. The molecule has 0 unspecified atom stereocenters. The molecule has 0 saturated carbocycles. The lowest BCUT2D eigenvalue weighted by Gasteiger charge is -2.12. The molecule has 0 spiro atoms. The van der Waals surface area contributed by atoms with E-state index in [0.29, 0.717) is 27.7 Å². The third-order valence-electron chi connectivity index (χ3n) is 3.03. The summed E-state index contributed by atoms with van der Waals surface area (Å²) in [5.74, 6) is 0.707. The van der Waals surface area contributed by atoms with Gasteiger partial charge < -0.3 is 10.1 Å². The first kappa shape index (κ1) is 13.6. The van der Waals surface area contributed by atoms with Crippen LogP contribution in [0.4, 0.5) is 15.9 Å². The number of rotatable bonds is 3. The molecule has 0 aliphatic rings. The molecule has 0 aliphatic heterocycles. The monoisotopic (exact) mass is 303 g/mol. The highest BCUT2D eigenvalue weighted by Crippen LogP contribution is 2.32. The maximum Gasteiger partial charge on any atom is 0.149 e. The standard InChI is InChI=1S/C15H11ClFN3O/c1-21-13-6-5-9(16)7-12(13)20-15-10-3-2-4-11(17)14(10)18-8-19-15/h2-8H,1H3,(H,18,19,20). The Morgan fingerprint density at radius 2 is 2.05 bits per heavy atom. The minimum absolute atomic E-state index is 0.260. The van der Waals surface area contributed by atoms with E-state index < -0.39 is 5.82 Å². The lowest BCUT2D eigenvalue weighted by molar-refractivity contribution is 0.417. The molecule has 0 fully saturated rings. The van der Waals surface area contributed by atoms with Crippen molar-refractivity contribution in [1.82, 2.24) is 9.97 Å². The molecule has 2 aromatic carbocycles. The van der Waals surface area contributed by atoms with Crippen LogP contribution in [-0.4, -0.2) is 17.1 Å². The van der Waals surface area contributed by atoms with Gasteiger partial charge in [0.15, 0.2) is 0 Å². The average Bonchev–Trinajstić information content (AvgIpc) is 2.49. The summed E-state index contributed by atoms with van der Waals surface area (Å²) in [4.78, 5) is 8.12. The fraction of sp³-hybridized carbons (Fsp3) is 0.0667. The highest BCUT2D eigenvalue weighted by atomic mass is 35.5. The van der Waals surface area contributed by atoms with E-state index in [9.17, 15) is 4.39 Å². The topological polar surface area (TPSA) is 47.0 Å². The lowest BCUT2D eigenvalue weighted by atomic mass is 10.2. The van der Waals surface area contributed by atoms with Gasteiger partial charge in [0.1, 0.15) is 29.2 Å². The number of ether oxygens (including phenoxy) is 1. The van der Waals surface area contributed by atoms with E-state index in [1.54, 1.807) is 37.4 Å². The fourth-order valence-corrected chi connectivity index (χ4v) is 2.23. The van der Waals surface area contributed by atoms with Gasteiger partial charge in [-0.05, 0) is 30.3 Å². The molecule has 21 heavy (non-hydrogen) atoms. The van der Waals surface area contributed by atoms with Crippen LogP contribution in [0.15, 0.2) is 42.7 Å². The minimum atomic E-state index is -0.393. The summed E-state index contributed by atoms with van der Waals surface area (Å²) in [5, 5.41) is 4.25. The molecular formula is C15H11ClFN3O. The van der Waals surface area contributed by atoms with Crippen molar-refractivity contribution in [3.05, 3.63) is 53.6 Å². The van der Waals surface area contributed by atoms with Crippen LogP contribution in [0.3, 0.4) is 0 Å². The molecule has 0 amide bonds.